The number of hydrogen-bond acceptors (Lipinski definition) is 2. The zero-order valence-electron chi connectivity index (χ0n) is 17.6. The average Bonchev–Trinajstić information content (AvgIpc) is 2.74. The van der Waals surface area contributed by atoms with Gasteiger partial charge in [0.2, 0.25) is 0 Å². The Hall–Kier alpha value is -2.17. The number of aliphatic imine (C=N–C) groups is 2. The molecular weight excluding hydrogens is 399 g/mol. The molecule has 0 spiro atoms. The van der Waals surface area contributed by atoms with Crippen LogP contribution in [-0.2, 0) is 16.5 Å². The molecule has 29 heavy (non-hydrogen) atoms. The van der Waals surface area contributed by atoms with Crippen molar-refractivity contribution in [2.75, 3.05) is 0 Å². The van der Waals surface area contributed by atoms with Gasteiger partial charge in [-0.05, 0) is 49.4 Å². The van der Waals surface area contributed by atoms with Crippen LogP contribution in [0.4, 0.5) is 11.4 Å². The molecule has 0 aliphatic heterocycles. The molecule has 0 amide bonds. The van der Waals surface area contributed by atoms with Crippen LogP contribution in [0.5, 0.6) is 0 Å². The molecule has 0 aliphatic rings. The number of hydrogen-bond donors (Lipinski definition) is 0. The van der Waals surface area contributed by atoms with Gasteiger partial charge in [0.15, 0.2) is 0 Å². The first kappa shape index (κ1) is 24.9. The summed E-state index contributed by atoms with van der Waals surface area (Å²) in [5, 5.41) is 0. The normalized spacial score (nSPS) is 11.4. The molecule has 2 nitrogen and oxygen atoms in total. The molecule has 0 aromatic heterocycles. The van der Waals surface area contributed by atoms with Crippen LogP contribution in [0.1, 0.15) is 65.2 Å². The van der Waals surface area contributed by atoms with Gasteiger partial charge in [0.25, 0.3) is 0 Å². The first-order chi connectivity index (χ1) is 13.8. The van der Waals surface area contributed by atoms with Crippen LogP contribution in [0.3, 0.4) is 0 Å². The molecule has 2 aromatic carbocycles. The summed E-state index contributed by atoms with van der Waals surface area (Å²) in [6.07, 6.45) is 8.94. The topological polar surface area (TPSA) is 24.7 Å². The molecule has 0 heterocycles. The number of rotatable bonds is 10. The van der Waals surface area contributed by atoms with Crippen LogP contribution in [0, 0.1) is 11.8 Å². The number of benzene rings is 2. The van der Waals surface area contributed by atoms with E-state index in [-0.39, 0.29) is 16.5 Å². The maximum atomic E-state index is 4.90. The maximum absolute atomic E-state index is 4.90. The van der Waals surface area contributed by atoms with Gasteiger partial charge < -0.3 is 0 Å². The fourth-order valence-electron chi connectivity index (χ4n) is 2.81. The largest absolute Gasteiger partial charge is 0.251 e. The summed E-state index contributed by atoms with van der Waals surface area (Å²) in [6.45, 7) is 4.43. The minimum Gasteiger partial charge on any atom is -0.251 e. The Morgan fingerprint density at radius 2 is 1.31 bits per heavy atom. The van der Waals surface area contributed by atoms with Crippen molar-refractivity contribution >= 4 is 22.8 Å². The molecule has 0 fully saturated rings. The second kappa shape index (κ2) is 15.7. The van der Waals surface area contributed by atoms with Crippen molar-refractivity contribution in [2.45, 2.75) is 65.2 Å². The second-order valence-electron chi connectivity index (χ2n) is 6.91. The summed E-state index contributed by atoms with van der Waals surface area (Å²) < 4.78 is 0. The third-order valence-electron chi connectivity index (χ3n) is 4.42. The van der Waals surface area contributed by atoms with Crippen molar-refractivity contribution in [2.24, 2.45) is 9.98 Å². The zero-order valence-corrected chi connectivity index (χ0v) is 18.6. The minimum absolute atomic E-state index is 0. The Bertz CT molecular complexity index is 799. The molecule has 2 aromatic rings. The summed E-state index contributed by atoms with van der Waals surface area (Å²) in [4.78, 5) is 9.76. The molecule has 0 bridgehead atoms. The van der Waals surface area contributed by atoms with Crippen LogP contribution >= 0.6 is 0 Å². The van der Waals surface area contributed by atoms with E-state index in [2.05, 4.69) is 25.7 Å². The van der Waals surface area contributed by atoms with E-state index in [1.54, 1.807) is 0 Å². The number of para-hydroxylation sites is 2. The molecule has 0 radical (unpaired) electrons. The summed E-state index contributed by atoms with van der Waals surface area (Å²) in [5.41, 5.74) is 3.67. The van der Waals surface area contributed by atoms with E-state index in [1.807, 2.05) is 60.7 Å². The van der Waals surface area contributed by atoms with E-state index in [9.17, 15) is 0 Å². The van der Waals surface area contributed by atoms with E-state index in [0.717, 1.165) is 54.9 Å². The smallest absolute Gasteiger partial charge is 0.135 e. The van der Waals surface area contributed by atoms with Crippen LogP contribution < -0.4 is 0 Å². The molecule has 0 saturated heterocycles. The van der Waals surface area contributed by atoms with Crippen molar-refractivity contribution < 1.29 is 16.5 Å². The second-order valence-corrected chi connectivity index (χ2v) is 6.91. The SMILES string of the molecule is CCCCCCC#CC(=Nc1ccccc1)C(CCCC)=Nc1ccccc1.[Ni]. The molecule has 0 aliphatic carbocycles. The molecule has 0 N–H and O–H groups in total. The van der Waals surface area contributed by atoms with Gasteiger partial charge in [-0.15, -0.1) is 0 Å². The van der Waals surface area contributed by atoms with Crippen molar-refractivity contribution in [1.82, 2.24) is 0 Å². The van der Waals surface area contributed by atoms with Gasteiger partial charge in [-0.2, -0.15) is 0 Å². The monoisotopic (exact) mass is 430 g/mol. The average molecular weight is 431 g/mol. The molecule has 156 valence electrons. The fourth-order valence-corrected chi connectivity index (χ4v) is 2.81. The summed E-state index contributed by atoms with van der Waals surface area (Å²) in [6, 6.07) is 20.2. The van der Waals surface area contributed by atoms with Gasteiger partial charge in [-0.25, -0.2) is 4.99 Å². The first-order valence-corrected chi connectivity index (χ1v) is 10.6. The van der Waals surface area contributed by atoms with Crippen molar-refractivity contribution in [1.29, 1.82) is 0 Å². The number of unbranched alkanes of at least 4 members (excludes halogenated alkanes) is 5. The standard InChI is InChI=1S/C26H32N2.Ni/c1-3-5-7-8-9-16-22-26(28-24-19-14-11-15-20-24)25(21-6-4-2)27-23-17-12-10-13-18-23;/h10-15,17-20H,3-9,21H2,1-2H3;. The van der Waals surface area contributed by atoms with E-state index < -0.39 is 0 Å². The van der Waals surface area contributed by atoms with Gasteiger partial charge in [-0.1, -0.05) is 81.8 Å². The van der Waals surface area contributed by atoms with Crippen LogP contribution in [0.2, 0.25) is 0 Å². The van der Waals surface area contributed by atoms with Crippen LogP contribution in [0.15, 0.2) is 70.6 Å². The molecule has 0 unspecified atom stereocenters. The predicted octanol–water partition coefficient (Wildman–Crippen LogP) is 7.69. The zero-order chi connectivity index (χ0) is 19.9. The third-order valence-corrected chi connectivity index (χ3v) is 4.42. The molecule has 0 saturated carbocycles. The van der Waals surface area contributed by atoms with Gasteiger partial charge in [0, 0.05) is 22.9 Å². The summed E-state index contributed by atoms with van der Waals surface area (Å²) in [5.74, 6) is 6.69. The van der Waals surface area contributed by atoms with Crippen molar-refractivity contribution in [3.05, 3.63) is 60.7 Å². The van der Waals surface area contributed by atoms with Gasteiger partial charge in [0.05, 0.1) is 17.1 Å². The Labute approximate surface area is 186 Å². The predicted molar refractivity (Wildman–Crippen MR) is 123 cm³/mol. The van der Waals surface area contributed by atoms with E-state index >= 15 is 0 Å². The minimum atomic E-state index is 0. The van der Waals surface area contributed by atoms with Crippen LogP contribution in [-0.4, -0.2) is 11.4 Å². The Kier molecular flexibility index (Phi) is 13.5. The summed E-state index contributed by atoms with van der Waals surface area (Å²) >= 11 is 0. The Morgan fingerprint density at radius 3 is 1.90 bits per heavy atom. The molecule has 0 atom stereocenters. The summed E-state index contributed by atoms with van der Waals surface area (Å²) in [7, 11) is 0. The third kappa shape index (κ3) is 10.3. The molecule has 2 rings (SSSR count). The Morgan fingerprint density at radius 1 is 0.724 bits per heavy atom. The van der Waals surface area contributed by atoms with E-state index in [4.69, 9.17) is 9.98 Å². The van der Waals surface area contributed by atoms with Gasteiger partial charge in [-0.3, -0.25) is 4.99 Å². The molecular formula is C26H32N2Ni. The van der Waals surface area contributed by atoms with Crippen molar-refractivity contribution in [3.63, 3.8) is 0 Å². The van der Waals surface area contributed by atoms with Crippen LogP contribution in [0.25, 0.3) is 0 Å². The quantitative estimate of drug-likeness (QED) is 0.159. The van der Waals surface area contributed by atoms with E-state index in [0.29, 0.717) is 0 Å². The number of nitrogens with zero attached hydrogens (tertiary/aromatic N) is 2. The fraction of sp³-hybridized carbons (Fsp3) is 0.385. The van der Waals surface area contributed by atoms with Gasteiger partial charge in [0.1, 0.15) is 5.71 Å². The maximum Gasteiger partial charge on any atom is 0.135 e. The van der Waals surface area contributed by atoms with Crippen molar-refractivity contribution in [3.8, 4) is 11.8 Å². The Balaban J connectivity index is 0.00000420. The van der Waals surface area contributed by atoms with Gasteiger partial charge >= 0.3 is 0 Å². The van der Waals surface area contributed by atoms with E-state index in [1.165, 1.54) is 19.3 Å². The molecule has 3 heteroatoms. The first-order valence-electron chi connectivity index (χ1n) is 10.6.